The monoisotopic (exact) mass is 506 g/mol. The number of nitrogen functional groups attached to an aromatic ring is 1. The van der Waals surface area contributed by atoms with Gasteiger partial charge in [0.05, 0.1) is 42.1 Å². The number of nitrogens with zero attached hydrogens (tertiary/aromatic N) is 6. The van der Waals surface area contributed by atoms with E-state index in [1.165, 1.54) is 5.69 Å². The highest BCUT2D eigenvalue weighted by atomic mass is 16.5. The fourth-order valence-corrected chi connectivity index (χ4v) is 4.31. The quantitative estimate of drug-likeness (QED) is 0.418. The molecule has 9 heteroatoms. The van der Waals surface area contributed by atoms with Gasteiger partial charge in [0.25, 0.3) is 0 Å². The minimum Gasteiger partial charge on any atom is -0.492 e. The number of hydrogen-bond acceptors (Lipinski definition) is 8. The zero-order chi connectivity index (χ0) is 26.9. The van der Waals surface area contributed by atoms with Crippen LogP contribution < -0.4 is 20.7 Å². The van der Waals surface area contributed by atoms with Crippen molar-refractivity contribution in [1.29, 1.82) is 0 Å². The molecular weight excluding hydrogens is 464 g/mol. The van der Waals surface area contributed by atoms with Gasteiger partial charge < -0.3 is 25.6 Å². The van der Waals surface area contributed by atoms with E-state index in [0.717, 1.165) is 59.9 Å². The molecule has 0 spiro atoms. The molecule has 2 heterocycles. The zero-order valence-corrected chi connectivity index (χ0v) is 23.4. The average Bonchev–Trinajstić information content (AvgIpc) is 3.04. The van der Waals surface area contributed by atoms with Gasteiger partial charge in [-0.1, -0.05) is 6.92 Å². The second kappa shape index (κ2) is 13.1. The predicted octanol–water partition coefficient (Wildman–Crippen LogP) is 4.23. The normalized spacial score (nSPS) is 13.9. The molecule has 3 N–H and O–H groups in total. The molecule has 9 nitrogen and oxygen atoms in total. The zero-order valence-electron chi connectivity index (χ0n) is 23.4. The van der Waals surface area contributed by atoms with E-state index in [0.29, 0.717) is 24.7 Å². The van der Waals surface area contributed by atoms with E-state index in [1.807, 2.05) is 43.1 Å². The van der Waals surface area contributed by atoms with Crippen LogP contribution in [0.4, 0.5) is 17.1 Å². The van der Waals surface area contributed by atoms with Crippen LogP contribution in [0.1, 0.15) is 38.4 Å². The summed E-state index contributed by atoms with van der Waals surface area (Å²) in [5, 5.41) is 7.83. The van der Waals surface area contributed by atoms with Crippen LogP contribution in [0.25, 0.3) is 6.08 Å². The number of nitrogens with two attached hydrogens (primary N) is 1. The van der Waals surface area contributed by atoms with E-state index >= 15 is 0 Å². The smallest absolute Gasteiger partial charge is 0.144 e. The first-order valence-corrected chi connectivity index (χ1v) is 12.9. The van der Waals surface area contributed by atoms with Crippen molar-refractivity contribution in [1.82, 2.24) is 14.7 Å². The molecule has 37 heavy (non-hydrogen) atoms. The molecule has 1 aliphatic rings. The number of anilines is 3. The van der Waals surface area contributed by atoms with Gasteiger partial charge in [0.1, 0.15) is 11.6 Å². The maximum Gasteiger partial charge on any atom is 0.144 e. The molecule has 0 amide bonds. The van der Waals surface area contributed by atoms with Crippen molar-refractivity contribution in [2.75, 3.05) is 63.3 Å². The van der Waals surface area contributed by atoms with Crippen molar-refractivity contribution >= 4 is 35.1 Å². The first-order chi connectivity index (χ1) is 17.7. The van der Waals surface area contributed by atoms with Crippen LogP contribution in [0.5, 0.6) is 5.75 Å². The van der Waals surface area contributed by atoms with Gasteiger partial charge in [0, 0.05) is 50.3 Å². The Bertz CT molecular complexity index is 1190. The molecule has 0 fully saturated rings. The number of benzene rings is 1. The lowest BCUT2D eigenvalue weighted by atomic mass is 10.1. The lowest BCUT2D eigenvalue weighted by Crippen LogP contribution is -2.24. The summed E-state index contributed by atoms with van der Waals surface area (Å²) < 4.78 is 7.92. The Kier molecular flexibility index (Phi) is 9.91. The first-order valence-electron chi connectivity index (χ1n) is 12.9. The van der Waals surface area contributed by atoms with Crippen LogP contribution in [0.2, 0.25) is 0 Å². The van der Waals surface area contributed by atoms with Crippen LogP contribution in [-0.2, 0) is 13.5 Å². The third-order valence-electron chi connectivity index (χ3n) is 6.25. The SMILES string of the molecule is CCOc1cc(N(C)CCCN(C)C)c(N)cc1NC1=CC(/C(C)=C/c2cnn(C)c2CC)=NCC=N1. The summed E-state index contributed by atoms with van der Waals surface area (Å²) in [6.07, 6.45) is 9.75. The molecule has 0 aliphatic carbocycles. The number of aromatic nitrogens is 2. The Morgan fingerprint density at radius 1 is 1.22 bits per heavy atom. The first kappa shape index (κ1) is 28.0. The van der Waals surface area contributed by atoms with Gasteiger partial charge in [-0.15, -0.1) is 0 Å². The lowest BCUT2D eigenvalue weighted by molar-refractivity contribution is 0.342. The van der Waals surface area contributed by atoms with Crippen molar-refractivity contribution in [3.63, 3.8) is 0 Å². The van der Waals surface area contributed by atoms with E-state index in [-0.39, 0.29) is 0 Å². The molecule has 1 aliphatic heterocycles. The summed E-state index contributed by atoms with van der Waals surface area (Å²) in [5.41, 5.74) is 13.1. The number of ether oxygens (including phenoxy) is 1. The van der Waals surface area contributed by atoms with Crippen LogP contribution in [0.3, 0.4) is 0 Å². The van der Waals surface area contributed by atoms with Gasteiger partial charge in [-0.25, -0.2) is 4.99 Å². The highest BCUT2D eigenvalue weighted by Crippen LogP contribution is 2.36. The fourth-order valence-electron chi connectivity index (χ4n) is 4.31. The molecule has 1 aromatic heterocycles. The largest absolute Gasteiger partial charge is 0.492 e. The standard InChI is InChI=1S/C28H42N8O/c1-8-25-21(19-32-36(25)7)15-20(3)23-17-28(31-12-11-30-23)33-24-16-22(29)26(18-27(24)37-9-2)35(6)14-10-13-34(4)5/h12,15-19,33H,8-11,13-14,29H2,1-7H3/b20-15+. The Balaban J connectivity index is 1.86. The van der Waals surface area contributed by atoms with Crippen molar-refractivity contribution in [3.05, 3.63) is 47.1 Å². The number of nitrogens with one attached hydrogen (secondary N) is 1. The van der Waals surface area contributed by atoms with E-state index in [4.69, 9.17) is 15.5 Å². The second-order valence-corrected chi connectivity index (χ2v) is 9.46. The molecule has 3 rings (SSSR count). The van der Waals surface area contributed by atoms with Crippen molar-refractivity contribution in [2.24, 2.45) is 17.0 Å². The third-order valence-corrected chi connectivity index (χ3v) is 6.25. The summed E-state index contributed by atoms with van der Waals surface area (Å²) in [6.45, 7) is 9.15. The van der Waals surface area contributed by atoms with Crippen molar-refractivity contribution in [3.8, 4) is 5.75 Å². The van der Waals surface area contributed by atoms with Crippen molar-refractivity contribution < 1.29 is 4.74 Å². The summed E-state index contributed by atoms with van der Waals surface area (Å²) >= 11 is 0. The maximum atomic E-state index is 6.50. The van der Waals surface area contributed by atoms with E-state index in [9.17, 15) is 0 Å². The predicted molar refractivity (Wildman–Crippen MR) is 157 cm³/mol. The Morgan fingerprint density at radius 3 is 2.70 bits per heavy atom. The third kappa shape index (κ3) is 7.45. The number of hydrogen-bond donors (Lipinski definition) is 2. The summed E-state index contributed by atoms with van der Waals surface area (Å²) in [6, 6.07) is 3.93. The summed E-state index contributed by atoms with van der Waals surface area (Å²) in [7, 11) is 8.20. The lowest BCUT2D eigenvalue weighted by Gasteiger charge is -2.24. The highest BCUT2D eigenvalue weighted by molar-refractivity contribution is 6.12. The minimum absolute atomic E-state index is 0.507. The van der Waals surface area contributed by atoms with Crippen LogP contribution >= 0.6 is 0 Å². The van der Waals surface area contributed by atoms with E-state index in [1.54, 1.807) is 6.21 Å². The molecular formula is C28H42N8O. The minimum atomic E-state index is 0.507. The fraction of sp³-hybridized carbons (Fsp3) is 0.464. The van der Waals surface area contributed by atoms with Crippen molar-refractivity contribution in [2.45, 2.75) is 33.6 Å². The number of rotatable bonds is 12. The molecule has 0 atom stereocenters. The molecule has 0 saturated carbocycles. The van der Waals surface area contributed by atoms with Crippen LogP contribution in [0.15, 0.2) is 45.8 Å². The van der Waals surface area contributed by atoms with Gasteiger partial charge in [-0.05, 0) is 65.0 Å². The van der Waals surface area contributed by atoms with E-state index in [2.05, 4.69) is 66.3 Å². The van der Waals surface area contributed by atoms with Crippen LogP contribution in [-0.4, -0.2) is 74.0 Å². The Labute approximate surface area is 221 Å². The molecule has 2 aromatic rings. The Hall–Kier alpha value is -3.59. The topological polar surface area (TPSA) is 96.3 Å². The molecule has 200 valence electrons. The molecule has 0 saturated heterocycles. The van der Waals surface area contributed by atoms with Gasteiger partial charge in [-0.3, -0.25) is 9.67 Å². The number of aliphatic imine (C=N–C) groups is 2. The van der Waals surface area contributed by atoms with Gasteiger partial charge in [-0.2, -0.15) is 5.10 Å². The second-order valence-electron chi connectivity index (χ2n) is 9.46. The highest BCUT2D eigenvalue weighted by Gasteiger charge is 2.15. The average molecular weight is 507 g/mol. The van der Waals surface area contributed by atoms with Gasteiger partial charge in [0.2, 0.25) is 0 Å². The summed E-state index contributed by atoms with van der Waals surface area (Å²) in [5.74, 6) is 1.42. The van der Waals surface area contributed by atoms with Crippen LogP contribution in [0, 0.1) is 0 Å². The molecule has 0 unspecified atom stereocenters. The number of allylic oxidation sites excluding steroid dienone is 2. The number of aryl methyl sites for hydroxylation is 1. The molecule has 0 radical (unpaired) electrons. The van der Waals surface area contributed by atoms with E-state index < -0.39 is 0 Å². The summed E-state index contributed by atoms with van der Waals surface area (Å²) in [4.78, 5) is 13.7. The maximum absolute atomic E-state index is 6.50. The Morgan fingerprint density at radius 2 is 2.00 bits per heavy atom. The van der Waals surface area contributed by atoms with Gasteiger partial charge in [0.15, 0.2) is 0 Å². The molecule has 0 bridgehead atoms. The van der Waals surface area contributed by atoms with Gasteiger partial charge >= 0.3 is 0 Å². The molecule has 1 aromatic carbocycles.